The molecule has 0 bridgehead atoms. The molecule has 3 aromatic rings. The normalized spacial score (nSPS) is 12.4. The first-order valence-corrected chi connectivity index (χ1v) is 14.5. The Balaban J connectivity index is 1.69. The van der Waals surface area contributed by atoms with Crippen molar-refractivity contribution >= 4 is 50.7 Å². The lowest BCUT2D eigenvalue weighted by molar-refractivity contribution is -0.157. The molecule has 3 aromatic carbocycles. The highest BCUT2D eigenvalue weighted by atomic mass is 35.5. The topological polar surface area (TPSA) is 158 Å². The molecule has 0 spiro atoms. The summed E-state index contributed by atoms with van der Waals surface area (Å²) in [5.41, 5.74) is 4.42. The summed E-state index contributed by atoms with van der Waals surface area (Å²) in [6.45, 7) is 2.11. The summed E-state index contributed by atoms with van der Waals surface area (Å²) in [6, 6.07) is 6.86. The van der Waals surface area contributed by atoms with Gasteiger partial charge in [0.15, 0.2) is 17.6 Å². The third-order valence-electron chi connectivity index (χ3n) is 5.50. The fourth-order valence-electron chi connectivity index (χ4n) is 3.46. The van der Waals surface area contributed by atoms with Crippen LogP contribution in [-0.4, -0.2) is 45.2 Å². The minimum absolute atomic E-state index is 0.0371. The van der Waals surface area contributed by atoms with Gasteiger partial charge in [0.2, 0.25) is 10.0 Å². The Labute approximate surface area is 258 Å². The molecule has 1 atom stereocenters. The van der Waals surface area contributed by atoms with Crippen LogP contribution in [0.3, 0.4) is 0 Å². The molecule has 0 saturated heterocycles. The van der Waals surface area contributed by atoms with Gasteiger partial charge in [-0.25, -0.2) is 12.8 Å². The number of alkyl halides is 3. The monoisotopic (exact) mass is 681 g/mol. The van der Waals surface area contributed by atoms with Gasteiger partial charge in [0.1, 0.15) is 17.3 Å². The van der Waals surface area contributed by atoms with E-state index >= 15 is 0 Å². The highest BCUT2D eigenvalue weighted by Crippen LogP contribution is 2.30. The van der Waals surface area contributed by atoms with Crippen molar-refractivity contribution in [1.29, 1.82) is 0 Å². The molecule has 0 aliphatic carbocycles. The number of amides is 2. The van der Waals surface area contributed by atoms with Crippen molar-refractivity contribution < 1.29 is 45.0 Å². The number of benzene rings is 3. The van der Waals surface area contributed by atoms with Crippen LogP contribution in [0.15, 0.2) is 59.5 Å². The fraction of sp³-hybridized carbons (Fsp3) is 0.231. The number of carbonyl (C=O) groups is 2. The van der Waals surface area contributed by atoms with Crippen molar-refractivity contribution in [3.63, 3.8) is 0 Å². The van der Waals surface area contributed by atoms with Crippen LogP contribution in [0.25, 0.3) is 0 Å². The van der Waals surface area contributed by atoms with E-state index in [1.54, 1.807) is 13.8 Å². The number of ether oxygens (including phenoxy) is 2. The van der Waals surface area contributed by atoms with E-state index in [1.165, 1.54) is 40.5 Å². The van der Waals surface area contributed by atoms with E-state index in [4.69, 9.17) is 32.7 Å². The van der Waals surface area contributed by atoms with Crippen LogP contribution in [0.1, 0.15) is 34.6 Å². The molecule has 3 rings (SSSR count). The largest absolute Gasteiger partial charge is 0.761 e. The van der Waals surface area contributed by atoms with Crippen LogP contribution >= 0.6 is 23.2 Å². The maximum absolute atomic E-state index is 14.7. The summed E-state index contributed by atoms with van der Waals surface area (Å²) < 4.78 is 92.6. The van der Waals surface area contributed by atoms with Crippen LogP contribution in [0, 0.1) is 11.0 Å². The second-order valence-corrected chi connectivity index (χ2v) is 11.6. The number of carbonyl (C=O) groups excluding carboxylic acids is 2. The van der Waals surface area contributed by atoms with Crippen LogP contribution in [-0.2, 0) is 10.0 Å². The van der Waals surface area contributed by atoms with Crippen molar-refractivity contribution in [1.82, 2.24) is 15.6 Å². The SMILES string of the molecule is CC(C)Oc1ccc(C(=O)NNC(=O)c2cc(F)c(OCC(NS(=O)(=O)c3ccccc3N[O-])C(F)(F)F)cc2Cl)cc1Cl. The van der Waals surface area contributed by atoms with Gasteiger partial charge < -0.3 is 20.2 Å². The Bertz CT molecular complexity index is 1640. The molecule has 0 aliphatic heterocycles. The summed E-state index contributed by atoms with van der Waals surface area (Å²) in [4.78, 5) is 24.2. The van der Waals surface area contributed by atoms with E-state index < -0.39 is 73.4 Å². The van der Waals surface area contributed by atoms with Crippen molar-refractivity contribution in [2.75, 3.05) is 12.1 Å². The molecule has 0 aliphatic rings. The van der Waals surface area contributed by atoms with Crippen LogP contribution in [0.2, 0.25) is 10.0 Å². The molecule has 11 nitrogen and oxygen atoms in total. The van der Waals surface area contributed by atoms with E-state index in [-0.39, 0.29) is 16.7 Å². The lowest BCUT2D eigenvalue weighted by Gasteiger charge is -2.23. The zero-order valence-electron chi connectivity index (χ0n) is 22.6. The maximum Gasteiger partial charge on any atom is 0.408 e. The number of sulfonamides is 1. The highest BCUT2D eigenvalue weighted by Gasteiger charge is 2.43. The molecule has 2 amide bonds. The molecule has 4 N–H and O–H groups in total. The zero-order chi connectivity index (χ0) is 32.8. The predicted molar refractivity (Wildman–Crippen MR) is 153 cm³/mol. The quantitative estimate of drug-likeness (QED) is 0.159. The van der Waals surface area contributed by atoms with Gasteiger partial charge >= 0.3 is 6.18 Å². The lowest BCUT2D eigenvalue weighted by Crippen LogP contribution is -2.49. The predicted octanol–water partition coefficient (Wildman–Crippen LogP) is 5.19. The Morgan fingerprint density at radius 3 is 2.23 bits per heavy atom. The maximum atomic E-state index is 14.7. The van der Waals surface area contributed by atoms with Gasteiger partial charge in [0.05, 0.1) is 21.7 Å². The molecule has 0 heterocycles. The molecular formula is C26H23Cl2F4N4O7S-. The molecule has 1 unspecified atom stereocenters. The Hall–Kier alpha value is -3.83. The Morgan fingerprint density at radius 1 is 0.955 bits per heavy atom. The van der Waals surface area contributed by atoms with Gasteiger partial charge in [-0.1, -0.05) is 35.3 Å². The molecule has 0 fully saturated rings. The molecule has 0 aromatic heterocycles. The minimum Gasteiger partial charge on any atom is -0.761 e. The first-order valence-electron chi connectivity index (χ1n) is 12.3. The van der Waals surface area contributed by atoms with E-state index in [1.807, 2.05) is 5.43 Å². The average molecular weight is 682 g/mol. The Kier molecular flexibility index (Phi) is 11.3. The van der Waals surface area contributed by atoms with Crippen LogP contribution < -0.4 is 30.5 Å². The van der Waals surface area contributed by atoms with E-state index in [0.29, 0.717) is 17.9 Å². The van der Waals surface area contributed by atoms with Gasteiger partial charge in [0.25, 0.3) is 11.8 Å². The van der Waals surface area contributed by atoms with Gasteiger partial charge in [-0.15, -0.1) is 0 Å². The van der Waals surface area contributed by atoms with Crippen LogP contribution in [0.4, 0.5) is 23.2 Å². The molecule has 0 radical (unpaired) electrons. The van der Waals surface area contributed by atoms with Crippen molar-refractivity contribution in [2.45, 2.75) is 37.1 Å². The first kappa shape index (κ1) is 34.7. The van der Waals surface area contributed by atoms with E-state index in [9.17, 15) is 40.8 Å². The molecular weight excluding hydrogens is 659 g/mol. The first-order chi connectivity index (χ1) is 20.5. The summed E-state index contributed by atoms with van der Waals surface area (Å²) in [5.74, 6) is -3.74. The summed E-state index contributed by atoms with van der Waals surface area (Å²) >= 11 is 12.1. The standard InChI is InChI=1S/C26H23Cl2F4N4O7S/c1-13(2)43-20-8-7-14(9-17(20)28)24(37)33-34-25(38)15-10-18(29)21(11-16(15)27)42-12-23(26(30,31)32)36-44(40,41)22-6-4-3-5-19(22)35-39/h3-11,13,23,35-36H,12H2,1-2H3,(H,33,37)(H,34,38)/q-1. The number of hydrazine groups is 1. The molecule has 238 valence electrons. The smallest absolute Gasteiger partial charge is 0.408 e. The van der Waals surface area contributed by atoms with Gasteiger partial charge in [-0.3, -0.25) is 20.4 Å². The average Bonchev–Trinajstić information content (AvgIpc) is 2.95. The number of hydrogen-bond acceptors (Lipinski definition) is 8. The summed E-state index contributed by atoms with van der Waals surface area (Å²) in [7, 11) is -4.90. The van der Waals surface area contributed by atoms with Crippen molar-refractivity contribution in [2.24, 2.45) is 0 Å². The number of para-hydroxylation sites is 1. The van der Waals surface area contributed by atoms with Gasteiger partial charge in [-0.05, 0) is 50.2 Å². The zero-order valence-corrected chi connectivity index (χ0v) is 24.9. The summed E-state index contributed by atoms with van der Waals surface area (Å²) in [5, 5.41) is 10.7. The molecule has 0 saturated carbocycles. The Morgan fingerprint density at radius 2 is 1.61 bits per heavy atom. The van der Waals surface area contributed by atoms with E-state index in [0.717, 1.165) is 12.1 Å². The number of halogens is 6. The highest BCUT2D eigenvalue weighted by molar-refractivity contribution is 7.89. The second kappa shape index (κ2) is 14.3. The van der Waals surface area contributed by atoms with E-state index in [2.05, 4.69) is 5.43 Å². The van der Waals surface area contributed by atoms with Crippen molar-refractivity contribution in [3.05, 3.63) is 86.8 Å². The number of anilines is 1. The molecule has 18 heteroatoms. The van der Waals surface area contributed by atoms with Gasteiger partial charge in [0, 0.05) is 17.3 Å². The molecule has 44 heavy (non-hydrogen) atoms. The lowest BCUT2D eigenvalue weighted by atomic mass is 10.2. The third kappa shape index (κ3) is 8.86. The van der Waals surface area contributed by atoms with Crippen LogP contribution in [0.5, 0.6) is 11.5 Å². The number of rotatable bonds is 11. The fourth-order valence-corrected chi connectivity index (χ4v) is 5.29. The number of nitrogens with one attached hydrogen (secondary N) is 4. The summed E-state index contributed by atoms with van der Waals surface area (Å²) in [6.07, 6.45) is -5.39. The number of hydrogen-bond donors (Lipinski definition) is 4. The van der Waals surface area contributed by atoms with Gasteiger partial charge in [-0.2, -0.15) is 17.9 Å². The third-order valence-corrected chi connectivity index (χ3v) is 7.63. The van der Waals surface area contributed by atoms with Crippen molar-refractivity contribution in [3.8, 4) is 11.5 Å². The second-order valence-electron chi connectivity index (χ2n) is 9.11. The minimum atomic E-state index is -5.21.